The Labute approximate surface area is 324 Å². The first-order valence-electron chi connectivity index (χ1n) is 21.6. The van der Waals surface area contributed by atoms with E-state index >= 15 is 0 Å². The fourth-order valence-corrected chi connectivity index (χ4v) is 14.4. The summed E-state index contributed by atoms with van der Waals surface area (Å²) in [6, 6.07) is 36.0. The van der Waals surface area contributed by atoms with Crippen molar-refractivity contribution in [1.29, 1.82) is 0 Å². The fraction of sp³-hybridized carbons (Fsp3) is 0.453. The summed E-state index contributed by atoms with van der Waals surface area (Å²) in [6.07, 6.45) is 17.3. The topological polar surface area (TPSA) is 12.9 Å². The summed E-state index contributed by atoms with van der Waals surface area (Å²) in [6.45, 7) is 9.09. The first kappa shape index (κ1) is 33.4. The zero-order chi connectivity index (χ0) is 36.3. The number of aryl methyl sites for hydroxylation is 4. The van der Waals surface area contributed by atoms with Crippen molar-refractivity contribution >= 4 is 0 Å². The van der Waals surface area contributed by atoms with Gasteiger partial charge in [0.2, 0.25) is 0 Å². The molecule has 0 unspecified atom stereocenters. The van der Waals surface area contributed by atoms with Gasteiger partial charge in [-0.2, -0.15) is 0 Å². The van der Waals surface area contributed by atoms with Gasteiger partial charge in [0.25, 0.3) is 0 Å². The molecule has 0 saturated heterocycles. The highest BCUT2D eigenvalue weighted by atomic mass is 14.7. The van der Waals surface area contributed by atoms with Crippen LogP contribution in [-0.2, 0) is 10.8 Å². The van der Waals surface area contributed by atoms with Gasteiger partial charge in [-0.3, -0.25) is 0 Å². The highest BCUT2D eigenvalue weighted by Crippen LogP contribution is 2.62. The normalized spacial score (nSPS) is 31.7. The van der Waals surface area contributed by atoms with Crippen molar-refractivity contribution in [2.45, 2.75) is 116 Å². The maximum Gasteiger partial charge on any atom is 0.0715 e. The third-order valence-electron chi connectivity index (χ3n) is 15.7. The van der Waals surface area contributed by atoms with E-state index in [1.165, 1.54) is 133 Å². The Balaban J connectivity index is 0.988. The third kappa shape index (κ3) is 5.58. The van der Waals surface area contributed by atoms with Gasteiger partial charge in [-0.15, -0.1) is 0 Å². The van der Waals surface area contributed by atoms with E-state index in [-0.39, 0.29) is 0 Å². The van der Waals surface area contributed by atoms with Crippen molar-refractivity contribution in [2.24, 2.45) is 35.5 Å². The predicted octanol–water partition coefficient (Wildman–Crippen LogP) is 13.9. The summed E-state index contributed by atoms with van der Waals surface area (Å²) < 4.78 is 0. The molecule has 54 heavy (non-hydrogen) atoms. The first-order valence-corrected chi connectivity index (χ1v) is 21.6. The molecule has 8 saturated carbocycles. The van der Waals surface area contributed by atoms with Crippen molar-refractivity contribution in [3.8, 4) is 44.8 Å². The van der Waals surface area contributed by atoms with Gasteiger partial charge in [0.1, 0.15) is 0 Å². The Bertz CT molecular complexity index is 2070. The molecule has 0 amide bonds. The van der Waals surface area contributed by atoms with Crippen molar-refractivity contribution in [3.05, 3.63) is 124 Å². The predicted molar refractivity (Wildman–Crippen MR) is 225 cm³/mol. The number of pyridine rings is 1. The van der Waals surface area contributed by atoms with E-state index in [2.05, 4.69) is 119 Å². The van der Waals surface area contributed by atoms with Crippen LogP contribution in [-0.4, -0.2) is 4.98 Å². The molecule has 4 aromatic carbocycles. The highest BCUT2D eigenvalue weighted by molar-refractivity contribution is 5.86. The van der Waals surface area contributed by atoms with Crippen molar-refractivity contribution in [1.82, 2.24) is 4.98 Å². The van der Waals surface area contributed by atoms with Crippen LogP contribution in [0, 0.1) is 63.2 Å². The summed E-state index contributed by atoms with van der Waals surface area (Å²) in [5.41, 5.74) is 19.3. The Morgan fingerprint density at radius 2 is 0.759 bits per heavy atom. The van der Waals surface area contributed by atoms with E-state index in [1.807, 2.05) is 0 Å². The fourth-order valence-electron chi connectivity index (χ4n) is 14.4. The van der Waals surface area contributed by atoms with Crippen LogP contribution in [0.2, 0.25) is 0 Å². The molecular weight excluding hydrogens is 651 g/mol. The number of nitrogens with zero attached hydrogens (tertiary/aromatic N) is 1. The van der Waals surface area contributed by atoms with Crippen LogP contribution in [0.1, 0.15) is 110 Å². The van der Waals surface area contributed by atoms with Crippen LogP contribution >= 0.6 is 0 Å². The lowest BCUT2D eigenvalue weighted by Crippen LogP contribution is -2.48. The lowest BCUT2D eigenvalue weighted by molar-refractivity contribution is -0.00531. The zero-order valence-electron chi connectivity index (χ0n) is 33.1. The Kier molecular flexibility index (Phi) is 7.58. The van der Waals surface area contributed by atoms with Crippen molar-refractivity contribution < 1.29 is 0 Å². The minimum atomic E-state index is 0.380. The van der Waals surface area contributed by atoms with E-state index in [9.17, 15) is 0 Å². The van der Waals surface area contributed by atoms with Crippen LogP contribution < -0.4 is 0 Å². The molecule has 0 aliphatic heterocycles. The molecule has 8 bridgehead atoms. The van der Waals surface area contributed by atoms with Crippen LogP contribution in [0.5, 0.6) is 0 Å². The van der Waals surface area contributed by atoms with E-state index in [0.717, 1.165) is 46.9 Å². The zero-order valence-corrected chi connectivity index (χ0v) is 33.1. The van der Waals surface area contributed by atoms with Crippen LogP contribution in [0.3, 0.4) is 0 Å². The van der Waals surface area contributed by atoms with E-state index in [0.29, 0.717) is 10.8 Å². The molecule has 0 atom stereocenters. The Morgan fingerprint density at radius 1 is 0.389 bits per heavy atom. The number of hydrogen-bond acceptors (Lipinski definition) is 1. The molecular formula is C53H57N. The highest BCUT2D eigenvalue weighted by Gasteiger charge is 2.53. The van der Waals surface area contributed by atoms with Crippen LogP contribution in [0.4, 0.5) is 0 Å². The first-order chi connectivity index (χ1) is 26.2. The lowest BCUT2D eigenvalue weighted by atomic mass is 9.48. The lowest BCUT2D eigenvalue weighted by Gasteiger charge is -2.57. The molecule has 1 nitrogen and oxygen atoms in total. The Hall–Kier alpha value is -3.97. The van der Waals surface area contributed by atoms with Crippen LogP contribution in [0.25, 0.3) is 44.8 Å². The van der Waals surface area contributed by atoms with Crippen LogP contribution in [0.15, 0.2) is 91.0 Å². The van der Waals surface area contributed by atoms with Gasteiger partial charge >= 0.3 is 0 Å². The SMILES string of the molecule is Cc1cc(-c2ccc(C)cc2-c2cccc(-c3cc(C)ccc3-c3cc(C)cc(C45CC6CC(CC(C6)C4)C5)c3)n2)cc(C23CC4CC(CC(C4)C2)C3)c1. The summed E-state index contributed by atoms with van der Waals surface area (Å²) in [5.74, 6) is 5.65. The van der Waals surface area contributed by atoms with E-state index in [4.69, 9.17) is 4.98 Å². The molecule has 0 radical (unpaired) electrons. The van der Waals surface area contributed by atoms with Gasteiger partial charge in [0.05, 0.1) is 11.4 Å². The molecule has 1 heterocycles. The minimum Gasteiger partial charge on any atom is -0.248 e. The summed E-state index contributed by atoms with van der Waals surface area (Å²) in [4.78, 5) is 5.57. The standard InChI is InChI=1S/C53H57N/c1-32-8-10-46(42-12-34(3)14-44(24-42)52-26-36-18-37(27-52)20-38(19-36)28-52)48(16-32)50-6-5-7-51(54-50)49-17-33(2)9-11-47(49)43-13-35(4)15-45(25-43)53-29-39-21-40(30-53)23-41(22-39)31-53/h5-17,24-25,36-41H,18-23,26-31H2,1-4H3. The second-order valence-electron chi connectivity index (χ2n) is 20.1. The molecule has 274 valence electrons. The van der Waals surface area contributed by atoms with Gasteiger partial charge in [-0.05, 0) is 209 Å². The smallest absolute Gasteiger partial charge is 0.0715 e. The average Bonchev–Trinajstić information content (AvgIpc) is 3.13. The molecule has 1 heteroatoms. The van der Waals surface area contributed by atoms with Gasteiger partial charge in [-0.1, -0.05) is 89.0 Å². The molecule has 0 N–H and O–H groups in total. The van der Waals surface area contributed by atoms with E-state index < -0.39 is 0 Å². The number of aromatic nitrogens is 1. The summed E-state index contributed by atoms with van der Waals surface area (Å²) >= 11 is 0. The molecule has 8 aliphatic carbocycles. The number of rotatable bonds is 6. The average molecular weight is 708 g/mol. The molecule has 13 rings (SSSR count). The van der Waals surface area contributed by atoms with Crippen molar-refractivity contribution in [3.63, 3.8) is 0 Å². The van der Waals surface area contributed by atoms with Gasteiger partial charge in [0.15, 0.2) is 0 Å². The van der Waals surface area contributed by atoms with E-state index in [1.54, 1.807) is 11.1 Å². The monoisotopic (exact) mass is 707 g/mol. The largest absolute Gasteiger partial charge is 0.248 e. The summed E-state index contributed by atoms with van der Waals surface area (Å²) in [7, 11) is 0. The second-order valence-corrected chi connectivity index (χ2v) is 20.1. The second kappa shape index (κ2) is 12.3. The number of benzene rings is 4. The molecule has 5 aromatic rings. The van der Waals surface area contributed by atoms with Crippen molar-refractivity contribution in [2.75, 3.05) is 0 Å². The maximum absolute atomic E-state index is 5.57. The number of hydrogen-bond donors (Lipinski definition) is 0. The molecule has 8 fully saturated rings. The third-order valence-corrected chi connectivity index (χ3v) is 15.7. The molecule has 1 aromatic heterocycles. The van der Waals surface area contributed by atoms with Gasteiger partial charge in [-0.25, -0.2) is 4.98 Å². The Morgan fingerprint density at radius 3 is 1.13 bits per heavy atom. The van der Waals surface area contributed by atoms with Gasteiger partial charge < -0.3 is 0 Å². The quantitative estimate of drug-likeness (QED) is 0.171. The maximum atomic E-state index is 5.57. The molecule has 0 spiro atoms. The van der Waals surface area contributed by atoms with Gasteiger partial charge in [0, 0.05) is 11.1 Å². The summed E-state index contributed by atoms with van der Waals surface area (Å²) in [5, 5.41) is 0. The minimum absolute atomic E-state index is 0.380. The molecule has 8 aliphatic rings.